The molecule has 1 aromatic heterocycles. The quantitative estimate of drug-likeness (QED) is 0.831. The highest BCUT2D eigenvalue weighted by Gasteiger charge is 2.27. The average molecular weight is 304 g/mol. The van der Waals surface area contributed by atoms with Gasteiger partial charge in [0.2, 0.25) is 10.0 Å². The van der Waals surface area contributed by atoms with Gasteiger partial charge in [0.25, 0.3) is 0 Å². The van der Waals surface area contributed by atoms with Crippen molar-refractivity contribution in [2.24, 2.45) is 0 Å². The Morgan fingerprint density at radius 3 is 3.00 bits per heavy atom. The van der Waals surface area contributed by atoms with Crippen LogP contribution < -0.4 is 10.0 Å². The number of hydrogen-bond acceptors (Lipinski definition) is 5. The molecule has 0 aliphatic carbocycles. The van der Waals surface area contributed by atoms with Gasteiger partial charge in [-0.1, -0.05) is 0 Å². The van der Waals surface area contributed by atoms with Crippen LogP contribution in [-0.4, -0.2) is 34.2 Å². The topological polar surface area (TPSA) is 67.4 Å². The molecule has 2 unspecified atom stereocenters. The summed E-state index contributed by atoms with van der Waals surface area (Å²) in [6.45, 7) is 3.25. The van der Waals surface area contributed by atoms with E-state index in [0.29, 0.717) is 10.8 Å². The second-order valence-corrected chi connectivity index (χ2v) is 7.62. The first-order valence-corrected chi connectivity index (χ1v) is 8.75. The van der Waals surface area contributed by atoms with Crippen LogP contribution in [0.4, 0.5) is 0 Å². The van der Waals surface area contributed by atoms with Crippen LogP contribution in [0.2, 0.25) is 0 Å². The fraction of sp³-hybridized carbons (Fsp3) is 0.667. The Balaban J connectivity index is 2.03. The lowest BCUT2D eigenvalue weighted by atomic mass is 10.1. The van der Waals surface area contributed by atoms with Gasteiger partial charge in [-0.3, -0.25) is 0 Å². The van der Waals surface area contributed by atoms with Crippen molar-refractivity contribution >= 4 is 21.4 Å². The molecule has 5 nitrogen and oxygen atoms in total. The largest absolute Gasteiger partial charge is 0.377 e. The minimum atomic E-state index is -3.43. The molecule has 0 spiro atoms. The van der Waals surface area contributed by atoms with Crippen molar-refractivity contribution in [1.29, 1.82) is 0 Å². The first kappa shape index (κ1) is 14.9. The maximum atomic E-state index is 12.2. The van der Waals surface area contributed by atoms with E-state index in [1.807, 2.05) is 19.4 Å². The van der Waals surface area contributed by atoms with Crippen molar-refractivity contribution in [2.45, 2.75) is 42.7 Å². The Kier molecular flexibility index (Phi) is 4.97. The number of hydrogen-bond donors (Lipinski definition) is 2. The Bertz CT molecular complexity index is 507. The van der Waals surface area contributed by atoms with Crippen LogP contribution in [0.5, 0.6) is 0 Å². The number of sulfonamides is 1. The lowest BCUT2D eigenvalue weighted by Gasteiger charge is -2.19. The zero-order valence-electron chi connectivity index (χ0n) is 11.2. The summed E-state index contributed by atoms with van der Waals surface area (Å²) >= 11 is 1.25. The van der Waals surface area contributed by atoms with E-state index in [4.69, 9.17) is 4.74 Å². The molecule has 0 saturated carbocycles. The highest BCUT2D eigenvalue weighted by Crippen LogP contribution is 2.22. The van der Waals surface area contributed by atoms with Gasteiger partial charge >= 0.3 is 0 Å². The van der Waals surface area contributed by atoms with Crippen LogP contribution in [0.25, 0.3) is 0 Å². The first-order chi connectivity index (χ1) is 9.03. The lowest BCUT2D eigenvalue weighted by molar-refractivity contribution is 0.0902. The Morgan fingerprint density at radius 2 is 2.37 bits per heavy atom. The Labute approximate surface area is 118 Å². The molecule has 1 aliphatic rings. The summed E-state index contributed by atoms with van der Waals surface area (Å²) in [4.78, 5) is 0. The molecule has 0 amide bonds. The predicted molar refractivity (Wildman–Crippen MR) is 75.8 cm³/mol. The molecule has 0 aromatic carbocycles. The van der Waals surface area contributed by atoms with Crippen molar-refractivity contribution in [3.63, 3.8) is 0 Å². The van der Waals surface area contributed by atoms with Crippen LogP contribution in [0.3, 0.4) is 0 Å². The fourth-order valence-electron chi connectivity index (χ4n) is 2.17. The second kappa shape index (κ2) is 6.32. The SMILES string of the molecule is CNCc1csc(S(=O)(=O)NC(C)C2CCCO2)c1. The minimum Gasteiger partial charge on any atom is -0.377 e. The molecule has 1 saturated heterocycles. The molecule has 2 rings (SSSR count). The van der Waals surface area contributed by atoms with E-state index >= 15 is 0 Å². The zero-order chi connectivity index (χ0) is 13.9. The highest BCUT2D eigenvalue weighted by molar-refractivity contribution is 7.91. The predicted octanol–water partition coefficient (Wildman–Crippen LogP) is 1.31. The van der Waals surface area contributed by atoms with E-state index in [1.54, 1.807) is 6.07 Å². The van der Waals surface area contributed by atoms with Crippen LogP contribution in [0.1, 0.15) is 25.3 Å². The summed E-state index contributed by atoms with van der Waals surface area (Å²) in [5.74, 6) is 0. The van der Waals surface area contributed by atoms with Gasteiger partial charge in [0, 0.05) is 19.2 Å². The van der Waals surface area contributed by atoms with Crippen LogP contribution in [0, 0.1) is 0 Å². The van der Waals surface area contributed by atoms with Gasteiger partial charge in [-0.25, -0.2) is 13.1 Å². The van der Waals surface area contributed by atoms with E-state index in [0.717, 1.165) is 25.0 Å². The standard InChI is InChI=1S/C12H20N2O3S2/c1-9(11-4-3-5-17-11)14-19(15,16)12-6-10(7-13-2)8-18-12/h6,8-9,11,13-14H,3-5,7H2,1-2H3. The molecule has 2 N–H and O–H groups in total. The number of rotatable bonds is 6. The van der Waals surface area contributed by atoms with E-state index in [2.05, 4.69) is 10.0 Å². The van der Waals surface area contributed by atoms with Crippen LogP contribution in [0.15, 0.2) is 15.7 Å². The molecule has 7 heteroatoms. The normalized spacial score (nSPS) is 21.7. The van der Waals surface area contributed by atoms with Crippen LogP contribution >= 0.6 is 11.3 Å². The van der Waals surface area contributed by atoms with Crippen molar-refractivity contribution in [3.05, 3.63) is 17.0 Å². The molecule has 1 aromatic rings. The number of thiophene rings is 1. The van der Waals surface area contributed by atoms with Gasteiger partial charge in [-0.2, -0.15) is 0 Å². The molecule has 0 radical (unpaired) electrons. The summed E-state index contributed by atoms with van der Waals surface area (Å²) in [5.41, 5.74) is 0.984. The summed E-state index contributed by atoms with van der Waals surface area (Å²) in [6, 6.07) is 1.52. The van der Waals surface area contributed by atoms with E-state index < -0.39 is 10.0 Å². The third-order valence-electron chi connectivity index (χ3n) is 3.14. The maximum absolute atomic E-state index is 12.2. The smallest absolute Gasteiger partial charge is 0.250 e. The fourth-order valence-corrected chi connectivity index (χ4v) is 4.66. The van der Waals surface area contributed by atoms with Crippen LogP contribution in [-0.2, 0) is 21.3 Å². The number of ether oxygens (including phenoxy) is 1. The van der Waals surface area contributed by atoms with Crippen molar-refractivity contribution < 1.29 is 13.2 Å². The maximum Gasteiger partial charge on any atom is 0.250 e. The summed E-state index contributed by atoms with van der Waals surface area (Å²) in [7, 11) is -1.60. The molecule has 0 bridgehead atoms. The second-order valence-electron chi connectivity index (χ2n) is 4.77. The van der Waals surface area contributed by atoms with Gasteiger partial charge in [0.05, 0.1) is 6.10 Å². The van der Waals surface area contributed by atoms with Gasteiger partial charge < -0.3 is 10.1 Å². The van der Waals surface area contributed by atoms with E-state index in [9.17, 15) is 8.42 Å². The molecule has 108 valence electrons. The Morgan fingerprint density at radius 1 is 1.58 bits per heavy atom. The molecule has 2 heterocycles. The van der Waals surface area contributed by atoms with Gasteiger partial charge in [0.1, 0.15) is 4.21 Å². The summed E-state index contributed by atoms with van der Waals surface area (Å²) in [6.07, 6.45) is 1.91. The van der Waals surface area contributed by atoms with Crippen molar-refractivity contribution in [3.8, 4) is 0 Å². The summed E-state index contributed by atoms with van der Waals surface area (Å²) < 4.78 is 33.1. The van der Waals surface area contributed by atoms with E-state index in [1.165, 1.54) is 11.3 Å². The molecule has 1 aliphatic heterocycles. The van der Waals surface area contributed by atoms with Gasteiger partial charge in [-0.05, 0) is 43.8 Å². The molecule has 2 atom stereocenters. The third kappa shape index (κ3) is 3.76. The zero-order valence-corrected chi connectivity index (χ0v) is 12.8. The molecular formula is C12H20N2O3S2. The average Bonchev–Trinajstić information content (AvgIpc) is 2.99. The van der Waals surface area contributed by atoms with Gasteiger partial charge in [-0.15, -0.1) is 11.3 Å². The Hall–Kier alpha value is -0.470. The van der Waals surface area contributed by atoms with E-state index in [-0.39, 0.29) is 12.1 Å². The molecule has 19 heavy (non-hydrogen) atoms. The highest BCUT2D eigenvalue weighted by atomic mass is 32.2. The van der Waals surface area contributed by atoms with Crippen molar-refractivity contribution in [2.75, 3.05) is 13.7 Å². The van der Waals surface area contributed by atoms with Crippen molar-refractivity contribution in [1.82, 2.24) is 10.0 Å². The lowest BCUT2D eigenvalue weighted by Crippen LogP contribution is -2.40. The monoisotopic (exact) mass is 304 g/mol. The molecular weight excluding hydrogens is 284 g/mol. The first-order valence-electron chi connectivity index (χ1n) is 6.39. The summed E-state index contributed by atoms with van der Waals surface area (Å²) in [5, 5.41) is 4.87. The van der Waals surface area contributed by atoms with Gasteiger partial charge in [0.15, 0.2) is 0 Å². The minimum absolute atomic E-state index is 0.00786. The molecule has 1 fully saturated rings. The number of nitrogens with one attached hydrogen (secondary N) is 2. The third-order valence-corrected chi connectivity index (χ3v) is 6.19.